The van der Waals surface area contributed by atoms with Gasteiger partial charge in [0.05, 0.1) is 11.2 Å². The Bertz CT molecular complexity index is 196. The standard InChI is InChI=1S/C8H15N3S/c1-11(2)4-3-9-5-8-6-12-7-10-8/h6-7,9H,3-5H2,1-2H3. The molecule has 0 amide bonds. The Morgan fingerprint density at radius 3 is 3.00 bits per heavy atom. The molecule has 0 aromatic carbocycles. The number of rotatable bonds is 5. The molecule has 3 nitrogen and oxygen atoms in total. The van der Waals surface area contributed by atoms with E-state index in [9.17, 15) is 0 Å². The highest BCUT2D eigenvalue weighted by atomic mass is 32.1. The predicted octanol–water partition coefficient (Wildman–Crippen LogP) is 0.794. The molecule has 0 aliphatic carbocycles. The molecule has 0 aliphatic rings. The molecule has 0 atom stereocenters. The van der Waals surface area contributed by atoms with E-state index < -0.39 is 0 Å². The lowest BCUT2D eigenvalue weighted by molar-refractivity contribution is 0.399. The van der Waals surface area contributed by atoms with Gasteiger partial charge in [-0.25, -0.2) is 4.98 Å². The second kappa shape index (κ2) is 5.24. The van der Waals surface area contributed by atoms with Crippen molar-refractivity contribution in [2.24, 2.45) is 0 Å². The first-order valence-electron chi connectivity index (χ1n) is 4.01. The normalized spacial score (nSPS) is 10.9. The van der Waals surface area contributed by atoms with Crippen LogP contribution in [0.15, 0.2) is 10.9 Å². The molecule has 1 N–H and O–H groups in total. The fraction of sp³-hybridized carbons (Fsp3) is 0.625. The molecular formula is C8H15N3S. The third-order valence-electron chi connectivity index (χ3n) is 1.53. The number of nitrogens with one attached hydrogen (secondary N) is 1. The van der Waals surface area contributed by atoms with Gasteiger partial charge in [-0.05, 0) is 14.1 Å². The van der Waals surface area contributed by atoms with E-state index in [0.29, 0.717) is 0 Å². The molecule has 0 bridgehead atoms. The predicted molar refractivity (Wildman–Crippen MR) is 52.4 cm³/mol. The summed E-state index contributed by atoms with van der Waals surface area (Å²) in [5.41, 5.74) is 3.00. The first kappa shape index (κ1) is 9.64. The van der Waals surface area contributed by atoms with Crippen LogP contribution in [0.4, 0.5) is 0 Å². The summed E-state index contributed by atoms with van der Waals surface area (Å²) in [6, 6.07) is 0. The van der Waals surface area contributed by atoms with Crippen LogP contribution in [0.1, 0.15) is 5.69 Å². The zero-order chi connectivity index (χ0) is 8.81. The molecule has 0 fully saturated rings. The van der Waals surface area contributed by atoms with Gasteiger partial charge in [0.25, 0.3) is 0 Å². The van der Waals surface area contributed by atoms with Crippen molar-refractivity contribution in [1.82, 2.24) is 15.2 Å². The smallest absolute Gasteiger partial charge is 0.0795 e. The van der Waals surface area contributed by atoms with Gasteiger partial charge in [-0.1, -0.05) is 0 Å². The Morgan fingerprint density at radius 2 is 2.42 bits per heavy atom. The van der Waals surface area contributed by atoms with Crippen LogP contribution in [0.2, 0.25) is 0 Å². The van der Waals surface area contributed by atoms with Gasteiger partial charge in [0.1, 0.15) is 0 Å². The largest absolute Gasteiger partial charge is 0.310 e. The molecule has 4 heteroatoms. The molecular weight excluding hydrogens is 170 g/mol. The number of aromatic nitrogens is 1. The molecule has 12 heavy (non-hydrogen) atoms. The van der Waals surface area contributed by atoms with Crippen molar-refractivity contribution in [2.45, 2.75) is 6.54 Å². The van der Waals surface area contributed by atoms with Crippen LogP contribution in [0, 0.1) is 0 Å². The molecule has 1 aromatic rings. The third-order valence-corrected chi connectivity index (χ3v) is 2.16. The Balaban J connectivity index is 2.04. The monoisotopic (exact) mass is 185 g/mol. The van der Waals surface area contributed by atoms with Crippen molar-refractivity contribution >= 4 is 11.3 Å². The summed E-state index contributed by atoms with van der Waals surface area (Å²) in [6.07, 6.45) is 0. The van der Waals surface area contributed by atoms with Crippen LogP contribution in [0.25, 0.3) is 0 Å². The van der Waals surface area contributed by atoms with Crippen molar-refractivity contribution in [3.8, 4) is 0 Å². The van der Waals surface area contributed by atoms with Crippen LogP contribution < -0.4 is 5.32 Å². The highest BCUT2D eigenvalue weighted by Crippen LogP contribution is 1.99. The van der Waals surface area contributed by atoms with Crippen molar-refractivity contribution in [3.05, 3.63) is 16.6 Å². The molecule has 1 heterocycles. The van der Waals surface area contributed by atoms with E-state index in [4.69, 9.17) is 0 Å². The average Bonchev–Trinajstić information content (AvgIpc) is 2.49. The highest BCUT2D eigenvalue weighted by Gasteiger charge is 1.93. The minimum absolute atomic E-state index is 0.886. The fourth-order valence-corrected chi connectivity index (χ4v) is 1.40. The molecule has 0 spiro atoms. The number of likely N-dealkylation sites (N-methyl/N-ethyl adjacent to an activating group) is 1. The summed E-state index contributed by atoms with van der Waals surface area (Å²) in [5.74, 6) is 0. The molecule has 68 valence electrons. The minimum atomic E-state index is 0.886. The second-order valence-electron chi connectivity index (χ2n) is 2.96. The summed E-state index contributed by atoms with van der Waals surface area (Å²) in [5, 5.41) is 5.39. The van der Waals surface area contributed by atoms with E-state index in [-0.39, 0.29) is 0 Å². The Kier molecular flexibility index (Phi) is 4.21. The topological polar surface area (TPSA) is 28.2 Å². The van der Waals surface area contributed by atoms with Crippen molar-refractivity contribution < 1.29 is 0 Å². The molecule has 1 aromatic heterocycles. The van der Waals surface area contributed by atoms with Gasteiger partial charge in [0.15, 0.2) is 0 Å². The van der Waals surface area contributed by atoms with Crippen LogP contribution in [0.3, 0.4) is 0 Å². The van der Waals surface area contributed by atoms with E-state index in [2.05, 4.69) is 34.7 Å². The zero-order valence-corrected chi connectivity index (χ0v) is 8.40. The fourth-order valence-electron chi connectivity index (χ4n) is 0.844. The number of nitrogens with zero attached hydrogens (tertiary/aromatic N) is 2. The van der Waals surface area contributed by atoms with E-state index in [0.717, 1.165) is 25.3 Å². The molecule has 0 radical (unpaired) electrons. The second-order valence-corrected chi connectivity index (χ2v) is 3.68. The van der Waals surface area contributed by atoms with Gasteiger partial charge in [-0.2, -0.15) is 0 Å². The first-order chi connectivity index (χ1) is 5.79. The van der Waals surface area contributed by atoms with Gasteiger partial charge in [0.2, 0.25) is 0 Å². The summed E-state index contributed by atoms with van der Waals surface area (Å²) in [6.45, 7) is 2.98. The Hall–Kier alpha value is -0.450. The maximum absolute atomic E-state index is 4.18. The third kappa shape index (κ3) is 3.80. The lowest BCUT2D eigenvalue weighted by atomic mass is 10.4. The number of hydrogen-bond acceptors (Lipinski definition) is 4. The minimum Gasteiger partial charge on any atom is -0.310 e. The van der Waals surface area contributed by atoms with Gasteiger partial charge < -0.3 is 10.2 Å². The van der Waals surface area contributed by atoms with Gasteiger partial charge in [-0.15, -0.1) is 11.3 Å². The average molecular weight is 185 g/mol. The van der Waals surface area contributed by atoms with E-state index in [1.807, 2.05) is 5.51 Å². The summed E-state index contributed by atoms with van der Waals surface area (Å²) in [4.78, 5) is 6.34. The molecule has 0 unspecified atom stereocenters. The number of hydrogen-bond donors (Lipinski definition) is 1. The molecule has 0 saturated carbocycles. The van der Waals surface area contributed by atoms with Crippen LogP contribution in [-0.2, 0) is 6.54 Å². The van der Waals surface area contributed by atoms with E-state index in [1.54, 1.807) is 11.3 Å². The molecule has 0 aliphatic heterocycles. The summed E-state index contributed by atoms with van der Waals surface area (Å²) < 4.78 is 0. The van der Waals surface area contributed by atoms with E-state index >= 15 is 0 Å². The lowest BCUT2D eigenvalue weighted by Gasteiger charge is -2.09. The summed E-state index contributed by atoms with van der Waals surface area (Å²) >= 11 is 1.64. The van der Waals surface area contributed by atoms with Crippen LogP contribution in [-0.4, -0.2) is 37.1 Å². The van der Waals surface area contributed by atoms with Gasteiger partial charge >= 0.3 is 0 Å². The van der Waals surface area contributed by atoms with Crippen molar-refractivity contribution in [2.75, 3.05) is 27.2 Å². The zero-order valence-electron chi connectivity index (χ0n) is 7.58. The lowest BCUT2D eigenvalue weighted by Crippen LogP contribution is -2.26. The molecule has 0 saturated heterocycles. The quantitative estimate of drug-likeness (QED) is 0.688. The maximum Gasteiger partial charge on any atom is 0.0795 e. The highest BCUT2D eigenvalue weighted by molar-refractivity contribution is 7.07. The maximum atomic E-state index is 4.18. The first-order valence-corrected chi connectivity index (χ1v) is 4.96. The number of thiazole rings is 1. The Labute approximate surface area is 77.4 Å². The summed E-state index contributed by atoms with van der Waals surface area (Å²) in [7, 11) is 4.15. The van der Waals surface area contributed by atoms with Crippen LogP contribution >= 0.6 is 11.3 Å². The van der Waals surface area contributed by atoms with Crippen molar-refractivity contribution in [3.63, 3.8) is 0 Å². The van der Waals surface area contributed by atoms with Crippen molar-refractivity contribution in [1.29, 1.82) is 0 Å². The molecule has 1 rings (SSSR count). The van der Waals surface area contributed by atoms with E-state index in [1.165, 1.54) is 0 Å². The SMILES string of the molecule is CN(C)CCNCc1cscn1. The van der Waals surface area contributed by atoms with Gasteiger partial charge in [-0.3, -0.25) is 0 Å². The Morgan fingerprint density at radius 1 is 1.58 bits per heavy atom. The van der Waals surface area contributed by atoms with Gasteiger partial charge in [0, 0.05) is 25.0 Å². The van der Waals surface area contributed by atoms with Crippen LogP contribution in [0.5, 0.6) is 0 Å².